The minimum absolute atomic E-state index is 0.0180. The number of aromatic nitrogens is 3. The molecule has 0 aliphatic carbocycles. The normalized spacial score (nSPS) is 20.3. The number of carboxylic acids is 1. The minimum Gasteiger partial charge on any atom is -0.481 e. The highest BCUT2D eigenvalue weighted by atomic mass is 35.5. The van der Waals surface area contributed by atoms with E-state index in [4.69, 9.17) is 16.7 Å². The Hall–Kier alpha value is -2.41. The summed E-state index contributed by atoms with van der Waals surface area (Å²) in [6.07, 6.45) is 1.56. The van der Waals surface area contributed by atoms with Crippen molar-refractivity contribution in [2.75, 3.05) is 13.1 Å². The Kier molecular flexibility index (Phi) is 4.53. The molecule has 3 rings (SSSR count). The number of benzene rings is 1. The smallest absolute Gasteiger partial charge is 0.303 e. The van der Waals surface area contributed by atoms with E-state index in [-0.39, 0.29) is 24.2 Å². The summed E-state index contributed by atoms with van der Waals surface area (Å²) in [6.45, 7) is 2.63. The van der Waals surface area contributed by atoms with Crippen molar-refractivity contribution in [1.82, 2.24) is 20.3 Å². The molecule has 7 nitrogen and oxygen atoms in total. The van der Waals surface area contributed by atoms with Gasteiger partial charge in [0.1, 0.15) is 0 Å². The average Bonchev–Trinajstić information content (AvgIpc) is 3.17. The Balaban J connectivity index is 1.85. The number of amides is 1. The van der Waals surface area contributed by atoms with Gasteiger partial charge in [-0.2, -0.15) is 15.4 Å². The van der Waals surface area contributed by atoms with Crippen molar-refractivity contribution >= 4 is 23.5 Å². The molecule has 0 unspecified atom stereocenters. The Labute approximate surface area is 143 Å². The monoisotopic (exact) mass is 348 g/mol. The highest BCUT2D eigenvalue weighted by Gasteiger charge is 2.39. The molecule has 1 fully saturated rings. The number of hydrogen-bond donors (Lipinski definition) is 2. The zero-order valence-corrected chi connectivity index (χ0v) is 13.8. The number of carbonyl (C=O) groups is 2. The highest BCUT2D eigenvalue weighted by Crippen LogP contribution is 2.34. The van der Waals surface area contributed by atoms with E-state index in [1.165, 1.54) is 0 Å². The molecule has 1 saturated heterocycles. The van der Waals surface area contributed by atoms with Gasteiger partial charge in [-0.15, -0.1) is 0 Å². The summed E-state index contributed by atoms with van der Waals surface area (Å²) in [6, 6.07) is 5.19. The number of nitrogens with zero attached hydrogens (tertiary/aromatic N) is 3. The lowest BCUT2D eigenvalue weighted by molar-refractivity contribution is -0.138. The SMILES string of the molecule is Cc1ccc(Cl)cc1C(=O)N1C[C@H](CC(=O)O)[C@H](c2cn[nH]n2)C1. The van der Waals surface area contributed by atoms with Crippen LogP contribution in [0.3, 0.4) is 0 Å². The van der Waals surface area contributed by atoms with Gasteiger partial charge in [0.2, 0.25) is 0 Å². The van der Waals surface area contributed by atoms with Crippen LogP contribution in [0.4, 0.5) is 0 Å². The summed E-state index contributed by atoms with van der Waals surface area (Å²) < 4.78 is 0. The average molecular weight is 349 g/mol. The lowest BCUT2D eigenvalue weighted by Gasteiger charge is -2.17. The number of carbonyl (C=O) groups excluding carboxylic acids is 1. The molecule has 1 aromatic heterocycles. The van der Waals surface area contributed by atoms with Gasteiger partial charge in [0, 0.05) is 29.6 Å². The number of aryl methyl sites for hydroxylation is 1. The standard InChI is InChI=1S/C16H17ClN4O3/c1-9-2-3-11(17)5-12(9)16(24)21-7-10(4-15(22)23)13(8-21)14-6-18-20-19-14/h2-3,5-6,10,13H,4,7-8H2,1H3,(H,22,23)(H,18,19,20)/t10-,13+/m0/s1. The third kappa shape index (κ3) is 3.26. The van der Waals surface area contributed by atoms with Crippen LogP contribution >= 0.6 is 11.6 Å². The maximum atomic E-state index is 12.8. The number of aromatic amines is 1. The van der Waals surface area contributed by atoms with Gasteiger partial charge in [0.15, 0.2) is 0 Å². The van der Waals surface area contributed by atoms with E-state index in [2.05, 4.69) is 15.4 Å². The van der Waals surface area contributed by atoms with Gasteiger partial charge in [-0.3, -0.25) is 9.59 Å². The molecule has 1 aromatic carbocycles. The maximum Gasteiger partial charge on any atom is 0.303 e. The number of likely N-dealkylation sites (tertiary alicyclic amines) is 1. The molecule has 1 aliphatic rings. The zero-order valence-electron chi connectivity index (χ0n) is 13.1. The van der Waals surface area contributed by atoms with Crippen LogP contribution < -0.4 is 0 Å². The van der Waals surface area contributed by atoms with E-state index in [0.717, 1.165) is 5.56 Å². The molecule has 1 aliphatic heterocycles. The first kappa shape index (κ1) is 16.4. The number of nitrogens with one attached hydrogen (secondary N) is 1. The van der Waals surface area contributed by atoms with E-state index in [0.29, 0.717) is 29.4 Å². The van der Waals surface area contributed by atoms with Gasteiger partial charge >= 0.3 is 5.97 Å². The van der Waals surface area contributed by atoms with Crippen LogP contribution in [0.2, 0.25) is 5.02 Å². The number of halogens is 1. The maximum absolute atomic E-state index is 12.8. The number of aliphatic carboxylic acids is 1. The second kappa shape index (κ2) is 6.60. The third-order valence-electron chi connectivity index (χ3n) is 4.41. The molecule has 126 valence electrons. The molecule has 1 amide bonds. The van der Waals surface area contributed by atoms with Crippen LogP contribution in [-0.4, -0.2) is 50.4 Å². The molecule has 0 radical (unpaired) electrons. The van der Waals surface area contributed by atoms with Crippen molar-refractivity contribution in [1.29, 1.82) is 0 Å². The molecule has 2 N–H and O–H groups in total. The van der Waals surface area contributed by atoms with Gasteiger partial charge in [-0.1, -0.05) is 17.7 Å². The van der Waals surface area contributed by atoms with Crippen molar-refractivity contribution in [2.24, 2.45) is 5.92 Å². The van der Waals surface area contributed by atoms with Crippen LogP contribution in [0.25, 0.3) is 0 Å². The van der Waals surface area contributed by atoms with Crippen molar-refractivity contribution in [3.05, 3.63) is 46.2 Å². The summed E-state index contributed by atoms with van der Waals surface area (Å²) >= 11 is 6.00. The highest BCUT2D eigenvalue weighted by molar-refractivity contribution is 6.31. The van der Waals surface area contributed by atoms with Crippen molar-refractivity contribution in [3.8, 4) is 0 Å². The molecular formula is C16H17ClN4O3. The van der Waals surface area contributed by atoms with Gasteiger partial charge < -0.3 is 10.0 Å². The fraction of sp³-hybridized carbons (Fsp3) is 0.375. The summed E-state index contributed by atoms with van der Waals surface area (Å²) in [4.78, 5) is 25.7. The fourth-order valence-corrected chi connectivity index (χ4v) is 3.36. The quantitative estimate of drug-likeness (QED) is 0.881. The van der Waals surface area contributed by atoms with Gasteiger partial charge in [0.05, 0.1) is 18.3 Å². The molecule has 24 heavy (non-hydrogen) atoms. The lowest BCUT2D eigenvalue weighted by Crippen LogP contribution is -2.29. The second-order valence-electron chi connectivity index (χ2n) is 6.03. The van der Waals surface area contributed by atoms with E-state index < -0.39 is 5.97 Å². The Bertz CT molecular complexity index is 763. The summed E-state index contributed by atoms with van der Waals surface area (Å²) in [7, 11) is 0. The first-order chi connectivity index (χ1) is 11.5. The molecule has 2 heterocycles. The van der Waals surface area contributed by atoms with Crippen LogP contribution in [0.5, 0.6) is 0 Å². The van der Waals surface area contributed by atoms with E-state index in [9.17, 15) is 9.59 Å². The first-order valence-electron chi connectivity index (χ1n) is 7.58. The first-order valence-corrected chi connectivity index (χ1v) is 7.96. The van der Waals surface area contributed by atoms with Crippen molar-refractivity contribution in [2.45, 2.75) is 19.3 Å². The topological polar surface area (TPSA) is 99.2 Å². The van der Waals surface area contributed by atoms with E-state index >= 15 is 0 Å². The summed E-state index contributed by atoms with van der Waals surface area (Å²) in [5.74, 6) is -1.38. The molecular weight excluding hydrogens is 332 g/mol. The van der Waals surface area contributed by atoms with E-state index in [1.54, 1.807) is 29.3 Å². The van der Waals surface area contributed by atoms with E-state index in [1.807, 2.05) is 6.92 Å². The van der Waals surface area contributed by atoms with Crippen LogP contribution in [0.15, 0.2) is 24.4 Å². The number of H-pyrrole nitrogens is 1. The number of rotatable bonds is 4. The van der Waals surface area contributed by atoms with Crippen LogP contribution in [-0.2, 0) is 4.79 Å². The number of hydrogen-bond acceptors (Lipinski definition) is 4. The molecule has 0 saturated carbocycles. The Morgan fingerprint density at radius 3 is 2.88 bits per heavy atom. The second-order valence-corrected chi connectivity index (χ2v) is 6.47. The van der Waals surface area contributed by atoms with Gasteiger partial charge in [-0.25, -0.2) is 0 Å². The largest absolute Gasteiger partial charge is 0.481 e. The Morgan fingerprint density at radius 2 is 2.21 bits per heavy atom. The lowest BCUT2D eigenvalue weighted by atomic mass is 9.91. The third-order valence-corrected chi connectivity index (χ3v) is 4.64. The van der Waals surface area contributed by atoms with Crippen molar-refractivity contribution in [3.63, 3.8) is 0 Å². The van der Waals surface area contributed by atoms with Crippen molar-refractivity contribution < 1.29 is 14.7 Å². The molecule has 2 atom stereocenters. The van der Waals surface area contributed by atoms with Gasteiger partial charge in [-0.05, 0) is 30.5 Å². The molecule has 0 bridgehead atoms. The Morgan fingerprint density at radius 1 is 1.42 bits per heavy atom. The predicted molar refractivity (Wildman–Crippen MR) is 87.0 cm³/mol. The molecule has 2 aromatic rings. The predicted octanol–water partition coefficient (Wildman–Crippen LogP) is 2.10. The molecule has 8 heteroatoms. The zero-order chi connectivity index (χ0) is 17.3. The van der Waals surface area contributed by atoms with Crippen LogP contribution in [0, 0.1) is 12.8 Å². The number of carboxylic acid groups (broad SMARTS) is 1. The van der Waals surface area contributed by atoms with Gasteiger partial charge in [0.25, 0.3) is 5.91 Å². The molecule has 0 spiro atoms. The minimum atomic E-state index is -0.887. The fourth-order valence-electron chi connectivity index (χ4n) is 3.19. The summed E-state index contributed by atoms with van der Waals surface area (Å²) in [5.41, 5.74) is 2.06. The summed E-state index contributed by atoms with van der Waals surface area (Å²) in [5, 5.41) is 20.0. The van der Waals surface area contributed by atoms with Crippen LogP contribution in [0.1, 0.15) is 34.0 Å².